The van der Waals surface area contributed by atoms with Gasteiger partial charge in [0.05, 0.1) is 0 Å². The lowest BCUT2D eigenvalue weighted by atomic mass is 9.78. The molecule has 7 heteroatoms. The summed E-state index contributed by atoms with van der Waals surface area (Å²) in [6.07, 6.45) is 0.842. The molecular weight excluding hydrogens is 296 g/mol. The van der Waals surface area contributed by atoms with E-state index in [2.05, 4.69) is 5.32 Å². The quantitative estimate of drug-likeness (QED) is 0.800. The fourth-order valence-corrected chi connectivity index (χ4v) is 5.27. The molecule has 1 N–H and O–H groups in total. The topological polar surface area (TPSA) is 66.5 Å². The van der Waals surface area contributed by atoms with E-state index < -0.39 is 17.4 Å². The Hall–Kier alpha value is -0.690. The van der Waals surface area contributed by atoms with Gasteiger partial charge < -0.3 is 0 Å². The molecule has 0 saturated carbocycles. The highest BCUT2D eigenvalue weighted by Gasteiger charge is 2.51. The molecule has 0 spiro atoms. The van der Waals surface area contributed by atoms with Crippen LogP contribution in [-0.4, -0.2) is 51.8 Å². The summed E-state index contributed by atoms with van der Waals surface area (Å²) in [5.74, 6) is 2.34. The van der Waals surface area contributed by atoms with Gasteiger partial charge in [0, 0.05) is 29.1 Å². The third-order valence-electron chi connectivity index (χ3n) is 4.03. The number of nitrogens with zero attached hydrogens (tertiary/aromatic N) is 1. The lowest BCUT2D eigenvalue weighted by Gasteiger charge is -2.39. The minimum absolute atomic E-state index is 0.267. The molecule has 1 unspecified atom stereocenters. The van der Waals surface area contributed by atoms with E-state index in [9.17, 15) is 14.4 Å². The highest BCUT2D eigenvalue weighted by Crippen LogP contribution is 2.33. The van der Waals surface area contributed by atoms with Crippen molar-refractivity contribution in [1.82, 2.24) is 10.2 Å². The van der Waals surface area contributed by atoms with E-state index in [0.29, 0.717) is 19.4 Å². The van der Waals surface area contributed by atoms with Crippen molar-refractivity contribution >= 4 is 41.4 Å². The second-order valence-corrected chi connectivity index (χ2v) is 7.59. The molecule has 0 aromatic carbocycles. The maximum absolute atomic E-state index is 12.6. The van der Waals surface area contributed by atoms with Crippen LogP contribution >= 0.6 is 23.5 Å². The van der Waals surface area contributed by atoms with Crippen molar-refractivity contribution in [3.63, 3.8) is 0 Å². The molecular formula is C13H20N2O3S2. The second kappa shape index (κ2) is 6.39. The van der Waals surface area contributed by atoms with Crippen molar-refractivity contribution in [3.05, 3.63) is 0 Å². The molecule has 0 aliphatic carbocycles. The average molecular weight is 316 g/mol. The van der Waals surface area contributed by atoms with Crippen molar-refractivity contribution in [2.75, 3.05) is 23.8 Å². The van der Waals surface area contributed by atoms with Crippen LogP contribution in [0.25, 0.3) is 0 Å². The van der Waals surface area contributed by atoms with Gasteiger partial charge in [0.15, 0.2) is 0 Å². The van der Waals surface area contributed by atoms with Crippen molar-refractivity contribution < 1.29 is 14.4 Å². The summed E-state index contributed by atoms with van der Waals surface area (Å²) >= 11 is 3.65. The Morgan fingerprint density at radius 3 is 2.50 bits per heavy atom. The van der Waals surface area contributed by atoms with Gasteiger partial charge >= 0.3 is 6.03 Å². The lowest BCUT2D eigenvalue weighted by Crippen LogP contribution is -2.64. The number of rotatable bonds is 4. The summed E-state index contributed by atoms with van der Waals surface area (Å²) in [5, 5.41) is 2.62. The summed E-state index contributed by atoms with van der Waals surface area (Å²) in [6, 6.07) is -0.561. The number of urea groups is 1. The molecule has 2 fully saturated rings. The van der Waals surface area contributed by atoms with Crippen molar-refractivity contribution in [2.45, 2.75) is 31.9 Å². The molecule has 2 saturated heterocycles. The zero-order valence-corrected chi connectivity index (χ0v) is 13.4. The number of imide groups is 2. The highest BCUT2D eigenvalue weighted by molar-refractivity contribution is 8.06. The van der Waals surface area contributed by atoms with Crippen molar-refractivity contribution in [2.24, 2.45) is 5.41 Å². The Morgan fingerprint density at radius 2 is 1.95 bits per heavy atom. The fraction of sp³-hybridized carbons (Fsp3) is 0.769. The van der Waals surface area contributed by atoms with Gasteiger partial charge in [0.25, 0.3) is 0 Å². The predicted octanol–water partition coefficient (Wildman–Crippen LogP) is 1.72. The van der Waals surface area contributed by atoms with Crippen LogP contribution in [0.5, 0.6) is 0 Å². The molecule has 20 heavy (non-hydrogen) atoms. The summed E-state index contributed by atoms with van der Waals surface area (Å²) in [6.45, 7) is 4.04. The first-order valence-electron chi connectivity index (χ1n) is 6.92. The number of hydrogen-bond donors (Lipinski definition) is 1. The summed E-state index contributed by atoms with van der Waals surface area (Å²) in [5.41, 5.74) is -1.07. The molecule has 2 rings (SSSR count). The van der Waals surface area contributed by atoms with Crippen molar-refractivity contribution in [3.8, 4) is 0 Å². The van der Waals surface area contributed by atoms with Gasteiger partial charge in [-0.3, -0.25) is 19.8 Å². The van der Waals surface area contributed by atoms with E-state index >= 15 is 0 Å². The van der Waals surface area contributed by atoms with Crippen LogP contribution in [0.4, 0.5) is 4.79 Å². The molecule has 2 aliphatic rings. The van der Waals surface area contributed by atoms with E-state index in [1.807, 2.05) is 25.6 Å². The zero-order valence-electron chi connectivity index (χ0n) is 11.8. The van der Waals surface area contributed by atoms with Gasteiger partial charge in [-0.2, -0.15) is 23.5 Å². The van der Waals surface area contributed by atoms with Crippen LogP contribution < -0.4 is 5.32 Å². The van der Waals surface area contributed by atoms with Crippen molar-refractivity contribution in [1.29, 1.82) is 0 Å². The molecule has 1 atom stereocenters. The van der Waals surface area contributed by atoms with Crippen LogP contribution in [0.1, 0.15) is 26.7 Å². The van der Waals surface area contributed by atoms with Gasteiger partial charge in [-0.25, -0.2) is 4.79 Å². The minimum Gasteiger partial charge on any atom is -0.277 e. The second-order valence-electron chi connectivity index (χ2n) is 5.03. The zero-order chi connectivity index (χ0) is 14.8. The first-order chi connectivity index (χ1) is 9.55. The van der Waals surface area contributed by atoms with Crippen LogP contribution in [-0.2, 0) is 9.59 Å². The normalized spacial score (nSPS) is 26.6. The highest BCUT2D eigenvalue weighted by atomic mass is 32.2. The van der Waals surface area contributed by atoms with Gasteiger partial charge in [0.1, 0.15) is 5.41 Å². The van der Waals surface area contributed by atoms with E-state index in [-0.39, 0.29) is 11.2 Å². The number of hydrogen-bond acceptors (Lipinski definition) is 5. The van der Waals surface area contributed by atoms with E-state index in [0.717, 1.165) is 17.3 Å². The van der Waals surface area contributed by atoms with Crippen LogP contribution in [0.15, 0.2) is 0 Å². The number of thioether (sulfide) groups is 2. The Labute approximate surface area is 127 Å². The van der Waals surface area contributed by atoms with E-state index in [4.69, 9.17) is 0 Å². The molecule has 0 bridgehead atoms. The minimum atomic E-state index is -1.07. The maximum atomic E-state index is 12.6. The van der Waals surface area contributed by atoms with Crippen LogP contribution in [0.3, 0.4) is 0 Å². The lowest BCUT2D eigenvalue weighted by molar-refractivity contribution is -0.152. The van der Waals surface area contributed by atoms with Gasteiger partial charge in [-0.1, -0.05) is 13.8 Å². The third kappa shape index (κ3) is 2.70. The smallest absolute Gasteiger partial charge is 0.277 e. The molecule has 4 amide bonds. The molecule has 2 heterocycles. The third-order valence-corrected chi connectivity index (χ3v) is 6.86. The van der Waals surface area contributed by atoms with E-state index in [1.165, 1.54) is 4.90 Å². The Bertz CT molecular complexity index is 418. The van der Waals surface area contributed by atoms with Gasteiger partial charge in [-0.05, 0) is 12.8 Å². The van der Waals surface area contributed by atoms with Gasteiger partial charge in [-0.15, -0.1) is 0 Å². The summed E-state index contributed by atoms with van der Waals surface area (Å²) < 4.78 is 0. The number of nitrogens with one attached hydrogen (secondary N) is 1. The molecule has 0 aromatic rings. The molecule has 0 radical (unpaired) electrons. The summed E-state index contributed by atoms with van der Waals surface area (Å²) in [7, 11) is 0. The number of barbiturate groups is 1. The average Bonchev–Trinajstić information content (AvgIpc) is 2.46. The first kappa shape index (κ1) is 15.7. The SMILES string of the molecule is CCC1(CC)C(=O)NC(=O)N(CC2CSCCS2)C1=O. The monoisotopic (exact) mass is 316 g/mol. The van der Waals surface area contributed by atoms with Gasteiger partial charge in [0.2, 0.25) is 11.8 Å². The standard InChI is InChI=1S/C13H20N2O3S2/c1-3-13(4-2)10(16)14-12(18)15(11(13)17)7-9-8-19-5-6-20-9/h9H,3-8H2,1-2H3,(H,14,16,18). The van der Waals surface area contributed by atoms with E-state index in [1.54, 1.807) is 11.8 Å². The van der Waals surface area contributed by atoms with Crippen LogP contribution in [0, 0.1) is 5.41 Å². The first-order valence-corrected chi connectivity index (χ1v) is 9.12. The predicted molar refractivity (Wildman–Crippen MR) is 81.8 cm³/mol. The maximum Gasteiger partial charge on any atom is 0.330 e. The molecule has 2 aliphatic heterocycles. The molecule has 112 valence electrons. The molecule has 0 aromatic heterocycles. The van der Waals surface area contributed by atoms with Crippen LogP contribution in [0.2, 0.25) is 0 Å². The number of carbonyl (C=O) groups is 3. The molecule has 5 nitrogen and oxygen atoms in total. The number of amides is 4. The fourth-order valence-electron chi connectivity index (χ4n) is 2.62. The Morgan fingerprint density at radius 1 is 1.25 bits per heavy atom. The number of carbonyl (C=O) groups excluding carboxylic acids is 3. The summed E-state index contributed by atoms with van der Waals surface area (Å²) in [4.78, 5) is 37.9. The Balaban J connectivity index is 2.16. The Kier molecular flexibility index (Phi) is 5.01. The largest absolute Gasteiger partial charge is 0.330 e.